The molecule has 0 saturated heterocycles. The fraction of sp³-hybridized carbons (Fsp3) is 0.500. The Balaban J connectivity index is 2.44. The molecule has 0 aromatic carbocycles. The standard InChI is InChI=1S/C8H12ClN5O2/c9-2-4-14(8(15)12-13-16)3-1-7-5-10-6-11-7/h5-6H,1-4H2,(H,10,11)(H,12,15,16). The summed E-state index contributed by atoms with van der Waals surface area (Å²) in [6.07, 6.45) is 3.85. The third-order valence-electron chi connectivity index (χ3n) is 1.99. The number of nitrogens with zero attached hydrogens (tertiary/aromatic N) is 3. The molecule has 1 rings (SSSR count). The average Bonchev–Trinajstić information content (AvgIpc) is 2.77. The molecule has 0 saturated carbocycles. The van der Waals surface area contributed by atoms with E-state index in [1.165, 1.54) is 4.90 Å². The molecule has 7 nitrogen and oxygen atoms in total. The number of imidazole rings is 1. The summed E-state index contributed by atoms with van der Waals surface area (Å²) in [5.41, 5.74) is 2.74. The van der Waals surface area contributed by atoms with Crippen molar-refractivity contribution in [3.8, 4) is 0 Å². The van der Waals surface area contributed by atoms with Crippen LogP contribution in [0.5, 0.6) is 0 Å². The Bertz CT molecular complexity index is 329. The van der Waals surface area contributed by atoms with E-state index < -0.39 is 6.03 Å². The molecule has 0 atom stereocenters. The molecule has 0 fully saturated rings. The molecular weight excluding hydrogens is 234 g/mol. The highest BCUT2D eigenvalue weighted by atomic mass is 35.5. The van der Waals surface area contributed by atoms with Gasteiger partial charge in [-0.25, -0.2) is 9.78 Å². The molecule has 0 aliphatic rings. The minimum absolute atomic E-state index is 0.301. The van der Waals surface area contributed by atoms with Crippen LogP contribution >= 0.6 is 11.6 Å². The third kappa shape index (κ3) is 3.85. The first-order valence-corrected chi connectivity index (χ1v) is 5.22. The van der Waals surface area contributed by atoms with Crippen LogP contribution in [-0.2, 0) is 6.42 Å². The van der Waals surface area contributed by atoms with Gasteiger partial charge in [-0.2, -0.15) is 5.43 Å². The Morgan fingerprint density at radius 3 is 3.00 bits per heavy atom. The van der Waals surface area contributed by atoms with Gasteiger partial charge < -0.3 is 9.88 Å². The van der Waals surface area contributed by atoms with Crippen molar-refractivity contribution in [2.24, 2.45) is 5.29 Å². The van der Waals surface area contributed by atoms with Crippen molar-refractivity contribution in [2.45, 2.75) is 6.42 Å². The van der Waals surface area contributed by atoms with Gasteiger partial charge in [0.05, 0.1) is 11.6 Å². The number of urea groups is 1. The monoisotopic (exact) mass is 245 g/mol. The van der Waals surface area contributed by atoms with E-state index in [0.717, 1.165) is 5.69 Å². The van der Waals surface area contributed by atoms with Gasteiger partial charge in [0, 0.05) is 37.3 Å². The first kappa shape index (κ1) is 12.4. The van der Waals surface area contributed by atoms with Crippen LogP contribution in [0.2, 0.25) is 0 Å². The van der Waals surface area contributed by atoms with E-state index in [2.05, 4.69) is 15.3 Å². The largest absolute Gasteiger partial charge is 0.348 e. The van der Waals surface area contributed by atoms with Crippen LogP contribution in [0, 0.1) is 4.91 Å². The number of H-pyrrole nitrogens is 1. The highest BCUT2D eigenvalue weighted by Gasteiger charge is 2.12. The van der Waals surface area contributed by atoms with Gasteiger partial charge in [-0.1, -0.05) is 0 Å². The van der Waals surface area contributed by atoms with Crippen LogP contribution in [0.15, 0.2) is 17.8 Å². The lowest BCUT2D eigenvalue weighted by Crippen LogP contribution is -2.40. The number of halogens is 1. The molecule has 0 unspecified atom stereocenters. The van der Waals surface area contributed by atoms with E-state index in [4.69, 9.17) is 11.6 Å². The van der Waals surface area contributed by atoms with E-state index >= 15 is 0 Å². The molecule has 2 N–H and O–H groups in total. The predicted octanol–water partition coefficient (Wildman–Crippen LogP) is 0.884. The van der Waals surface area contributed by atoms with E-state index in [1.807, 2.05) is 5.43 Å². The summed E-state index contributed by atoms with van der Waals surface area (Å²) in [7, 11) is 0. The molecular formula is C8H12ClN5O2. The third-order valence-corrected chi connectivity index (χ3v) is 2.16. The number of carbonyl (C=O) groups is 1. The highest BCUT2D eigenvalue weighted by molar-refractivity contribution is 6.18. The number of nitrogens with one attached hydrogen (secondary N) is 2. The Morgan fingerprint density at radius 1 is 1.62 bits per heavy atom. The predicted molar refractivity (Wildman–Crippen MR) is 58.9 cm³/mol. The van der Waals surface area contributed by atoms with Gasteiger partial charge in [0.2, 0.25) is 0 Å². The minimum atomic E-state index is -0.546. The van der Waals surface area contributed by atoms with Gasteiger partial charge in [0.15, 0.2) is 0 Å². The first-order chi connectivity index (χ1) is 7.77. The van der Waals surface area contributed by atoms with Crippen molar-refractivity contribution in [1.29, 1.82) is 0 Å². The van der Waals surface area contributed by atoms with E-state index in [0.29, 0.717) is 25.4 Å². The molecule has 0 radical (unpaired) electrons. The number of hydrogen-bond acceptors (Lipinski definition) is 4. The number of aromatic amines is 1. The van der Waals surface area contributed by atoms with Gasteiger partial charge in [-0.05, 0) is 0 Å². The van der Waals surface area contributed by atoms with Crippen molar-refractivity contribution >= 4 is 17.6 Å². The lowest BCUT2D eigenvalue weighted by molar-refractivity contribution is 0.201. The molecule has 0 aliphatic carbocycles. The average molecular weight is 246 g/mol. The molecule has 1 aromatic rings. The van der Waals surface area contributed by atoms with Crippen LogP contribution < -0.4 is 5.43 Å². The Kier molecular flexibility index (Phi) is 5.27. The topological polar surface area (TPSA) is 90.4 Å². The zero-order valence-electron chi connectivity index (χ0n) is 8.52. The number of alkyl halides is 1. The molecule has 8 heteroatoms. The number of hydrogen-bond donors (Lipinski definition) is 2. The fourth-order valence-corrected chi connectivity index (χ4v) is 1.41. The maximum absolute atomic E-state index is 11.3. The molecule has 16 heavy (non-hydrogen) atoms. The Hall–Kier alpha value is -1.63. The van der Waals surface area contributed by atoms with E-state index in [1.54, 1.807) is 12.5 Å². The van der Waals surface area contributed by atoms with E-state index in [9.17, 15) is 9.70 Å². The van der Waals surface area contributed by atoms with Gasteiger partial charge in [0.25, 0.3) is 0 Å². The van der Waals surface area contributed by atoms with Crippen LogP contribution in [0.1, 0.15) is 5.69 Å². The second-order valence-corrected chi connectivity index (χ2v) is 3.39. The molecule has 0 aliphatic heterocycles. The van der Waals surface area contributed by atoms with Gasteiger partial charge in [-0.3, -0.25) is 0 Å². The molecule has 2 amide bonds. The summed E-state index contributed by atoms with van der Waals surface area (Å²) < 4.78 is 0. The first-order valence-electron chi connectivity index (χ1n) is 4.68. The number of carbonyl (C=O) groups excluding carboxylic acids is 1. The van der Waals surface area contributed by atoms with Gasteiger partial charge >= 0.3 is 6.03 Å². The lowest BCUT2D eigenvalue weighted by Gasteiger charge is -2.19. The van der Waals surface area contributed by atoms with Crippen molar-refractivity contribution in [1.82, 2.24) is 20.3 Å². The smallest absolute Gasteiger partial charge is 0.340 e. The number of amides is 2. The summed E-state index contributed by atoms with van der Waals surface area (Å²) in [4.78, 5) is 29.4. The maximum atomic E-state index is 11.3. The van der Waals surface area contributed by atoms with Gasteiger partial charge in [-0.15, -0.1) is 16.5 Å². The SMILES string of the molecule is O=NNC(=O)N(CCCl)CCc1cnc[nH]1. The summed E-state index contributed by atoms with van der Waals surface area (Å²) in [6.45, 7) is 0.799. The highest BCUT2D eigenvalue weighted by Crippen LogP contribution is 1.98. The van der Waals surface area contributed by atoms with Gasteiger partial charge in [0.1, 0.15) is 0 Å². The Morgan fingerprint density at radius 2 is 2.44 bits per heavy atom. The number of aromatic nitrogens is 2. The molecule has 1 heterocycles. The molecule has 0 bridgehead atoms. The fourth-order valence-electron chi connectivity index (χ4n) is 1.20. The second kappa shape index (κ2) is 6.78. The lowest BCUT2D eigenvalue weighted by atomic mass is 10.3. The summed E-state index contributed by atoms with van der Waals surface area (Å²) >= 11 is 5.55. The van der Waals surface area contributed by atoms with Crippen LogP contribution in [-0.4, -0.2) is 39.9 Å². The van der Waals surface area contributed by atoms with Crippen LogP contribution in [0.3, 0.4) is 0 Å². The summed E-state index contributed by atoms with van der Waals surface area (Å²) in [5.74, 6) is 0.301. The van der Waals surface area contributed by atoms with Crippen molar-refractivity contribution in [2.75, 3.05) is 19.0 Å². The second-order valence-electron chi connectivity index (χ2n) is 3.01. The Labute approximate surface area is 97.1 Å². The van der Waals surface area contributed by atoms with Crippen molar-refractivity contribution in [3.05, 3.63) is 23.1 Å². The normalized spacial score (nSPS) is 9.81. The molecule has 1 aromatic heterocycles. The molecule has 0 spiro atoms. The quantitative estimate of drug-likeness (QED) is 0.443. The van der Waals surface area contributed by atoms with E-state index in [-0.39, 0.29) is 0 Å². The zero-order valence-corrected chi connectivity index (χ0v) is 9.28. The number of nitroso groups, excluding NO2 is 1. The summed E-state index contributed by atoms with van der Waals surface area (Å²) in [5, 5.41) is 2.33. The van der Waals surface area contributed by atoms with Crippen molar-refractivity contribution < 1.29 is 4.79 Å². The van der Waals surface area contributed by atoms with Crippen molar-refractivity contribution in [3.63, 3.8) is 0 Å². The summed E-state index contributed by atoms with van der Waals surface area (Å²) in [6, 6.07) is -0.546. The molecule has 88 valence electrons. The minimum Gasteiger partial charge on any atom is -0.348 e. The van der Waals surface area contributed by atoms with Crippen LogP contribution in [0.25, 0.3) is 0 Å². The van der Waals surface area contributed by atoms with Crippen LogP contribution in [0.4, 0.5) is 4.79 Å². The zero-order chi connectivity index (χ0) is 11.8. The maximum Gasteiger partial charge on any atom is 0.340 e. The number of rotatable bonds is 6.